The zero-order valence-electron chi connectivity index (χ0n) is 13.6. The summed E-state index contributed by atoms with van der Waals surface area (Å²) in [4.78, 5) is 24.1. The molecule has 1 aromatic carbocycles. The van der Waals surface area contributed by atoms with Crippen LogP contribution in [0.1, 0.15) is 25.7 Å². The molecule has 2 amide bonds. The molecule has 1 saturated carbocycles. The van der Waals surface area contributed by atoms with Crippen molar-refractivity contribution in [2.24, 2.45) is 5.14 Å². The number of alkyl halides is 3. The van der Waals surface area contributed by atoms with Gasteiger partial charge >= 0.3 is 12.1 Å². The lowest BCUT2D eigenvalue weighted by Crippen LogP contribution is -2.49. The van der Waals surface area contributed by atoms with E-state index in [2.05, 4.69) is 5.32 Å². The Morgan fingerprint density at radius 1 is 1.15 bits per heavy atom. The molecule has 3 N–H and O–H groups in total. The Balaban J connectivity index is 2.08. The van der Waals surface area contributed by atoms with E-state index in [0.29, 0.717) is 30.6 Å². The van der Waals surface area contributed by atoms with Crippen LogP contribution in [0.25, 0.3) is 0 Å². The molecular formula is C15H18F3N3O4S. The van der Waals surface area contributed by atoms with Crippen molar-refractivity contribution in [1.82, 2.24) is 4.90 Å². The molecule has 0 unspecified atom stereocenters. The topological polar surface area (TPSA) is 110 Å². The van der Waals surface area contributed by atoms with Crippen molar-refractivity contribution in [2.75, 3.05) is 11.9 Å². The molecule has 144 valence electrons. The lowest BCUT2D eigenvalue weighted by molar-refractivity contribution is -0.188. The second-order valence-corrected chi connectivity index (χ2v) is 7.55. The van der Waals surface area contributed by atoms with Gasteiger partial charge in [0.15, 0.2) is 0 Å². The summed E-state index contributed by atoms with van der Waals surface area (Å²) in [5.41, 5.74) is 0.174. The van der Waals surface area contributed by atoms with Crippen LogP contribution in [0.2, 0.25) is 0 Å². The number of sulfonamides is 1. The third-order valence-corrected chi connectivity index (χ3v) is 4.98. The number of carbonyl (C=O) groups excluding carboxylic acids is 2. The van der Waals surface area contributed by atoms with E-state index in [9.17, 15) is 31.2 Å². The standard InChI is InChI=1S/C15H18F3N3O4S/c16-15(17,18)14(23)21(11-3-1-2-4-11)9-13(22)20-10-5-7-12(8-6-10)26(19,24)25/h5-8,11H,1-4,9H2,(H,20,22)(H2,19,24,25). The molecule has 2 rings (SSSR count). The van der Waals surface area contributed by atoms with Crippen molar-refractivity contribution >= 4 is 27.5 Å². The van der Waals surface area contributed by atoms with Crippen molar-refractivity contribution in [1.29, 1.82) is 0 Å². The van der Waals surface area contributed by atoms with Gasteiger partial charge in [0.25, 0.3) is 0 Å². The van der Waals surface area contributed by atoms with Crippen LogP contribution in [-0.2, 0) is 19.6 Å². The number of hydrogen-bond acceptors (Lipinski definition) is 4. The lowest BCUT2D eigenvalue weighted by atomic mass is 10.2. The molecule has 0 spiro atoms. The summed E-state index contributed by atoms with van der Waals surface area (Å²) in [5, 5.41) is 7.30. The number of rotatable bonds is 5. The SMILES string of the molecule is NS(=O)(=O)c1ccc(NC(=O)CN(C(=O)C(F)(F)F)C2CCCC2)cc1. The molecular weight excluding hydrogens is 375 g/mol. The van der Waals surface area contributed by atoms with Gasteiger partial charge in [-0.2, -0.15) is 13.2 Å². The van der Waals surface area contributed by atoms with Gasteiger partial charge in [-0.25, -0.2) is 13.6 Å². The molecule has 0 heterocycles. The number of benzene rings is 1. The molecule has 1 aromatic rings. The first-order valence-corrected chi connectivity index (χ1v) is 9.33. The van der Waals surface area contributed by atoms with Gasteiger partial charge in [-0.3, -0.25) is 9.59 Å². The minimum Gasteiger partial charge on any atom is -0.325 e. The number of anilines is 1. The molecule has 1 aliphatic rings. The van der Waals surface area contributed by atoms with Crippen LogP contribution in [0, 0.1) is 0 Å². The van der Waals surface area contributed by atoms with Crippen LogP contribution in [0.15, 0.2) is 29.2 Å². The van der Waals surface area contributed by atoms with Crippen molar-refractivity contribution in [2.45, 2.75) is 42.8 Å². The fourth-order valence-electron chi connectivity index (χ4n) is 2.83. The van der Waals surface area contributed by atoms with Crippen LogP contribution in [0.5, 0.6) is 0 Å². The van der Waals surface area contributed by atoms with Crippen molar-refractivity contribution in [3.8, 4) is 0 Å². The second-order valence-electron chi connectivity index (χ2n) is 5.99. The van der Waals surface area contributed by atoms with E-state index >= 15 is 0 Å². The molecule has 11 heteroatoms. The third kappa shape index (κ3) is 5.18. The van der Waals surface area contributed by atoms with Gasteiger partial charge in [-0.1, -0.05) is 12.8 Å². The van der Waals surface area contributed by atoms with E-state index < -0.39 is 40.6 Å². The first kappa shape index (κ1) is 20.2. The predicted molar refractivity (Wildman–Crippen MR) is 86.5 cm³/mol. The lowest BCUT2D eigenvalue weighted by Gasteiger charge is -2.29. The monoisotopic (exact) mass is 393 g/mol. The minimum absolute atomic E-state index is 0.171. The van der Waals surface area contributed by atoms with Crippen molar-refractivity contribution < 1.29 is 31.2 Å². The molecule has 1 fully saturated rings. The van der Waals surface area contributed by atoms with Gasteiger partial charge < -0.3 is 10.2 Å². The van der Waals surface area contributed by atoms with E-state index in [1.54, 1.807) is 0 Å². The first-order chi connectivity index (χ1) is 12.0. The molecule has 1 aliphatic carbocycles. The normalized spacial score (nSPS) is 15.7. The van der Waals surface area contributed by atoms with E-state index in [1.807, 2.05) is 0 Å². The van der Waals surface area contributed by atoms with Crippen molar-refractivity contribution in [3.63, 3.8) is 0 Å². The summed E-state index contributed by atoms with van der Waals surface area (Å²) >= 11 is 0. The quantitative estimate of drug-likeness (QED) is 0.792. The fraction of sp³-hybridized carbons (Fsp3) is 0.467. The largest absolute Gasteiger partial charge is 0.471 e. The molecule has 7 nitrogen and oxygen atoms in total. The number of carbonyl (C=O) groups is 2. The summed E-state index contributed by atoms with van der Waals surface area (Å²) in [5.74, 6) is -2.85. The highest BCUT2D eigenvalue weighted by atomic mass is 32.2. The highest BCUT2D eigenvalue weighted by Crippen LogP contribution is 2.28. The van der Waals surface area contributed by atoms with Gasteiger partial charge in [0.2, 0.25) is 15.9 Å². The average Bonchev–Trinajstić information content (AvgIpc) is 3.05. The van der Waals surface area contributed by atoms with Crippen LogP contribution in [0.3, 0.4) is 0 Å². The Morgan fingerprint density at radius 2 is 1.69 bits per heavy atom. The van der Waals surface area contributed by atoms with Gasteiger partial charge in [0, 0.05) is 11.7 Å². The Kier molecular flexibility index (Phi) is 5.91. The van der Waals surface area contributed by atoms with Crippen LogP contribution in [-0.4, -0.2) is 43.9 Å². The number of primary sulfonamides is 1. The second kappa shape index (κ2) is 7.62. The van der Waals surface area contributed by atoms with E-state index in [1.165, 1.54) is 12.1 Å². The van der Waals surface area contributed by atoms with Crippen LogP contribution < -0.4 is 10.5 Å². The van der Waals surface area contributed by atoms with Crippen molar-refractivity contribution in [3.05, 3.63) is 24.3 Å². The molecule has 0 aliphatic heterocycles. The van der Waals surface area contributed by atoms with Crippen LogP contribution >= 0.6 is 0 Å². The maximum absolute atomic E-state index is 12.8. The Labute approximate surface area is 148 Å². The Hall–Kier alpha value is -2.14. The predicted octanol–water partition coefficient (Wildman–Crippen LogP) is 1.61. The number of nitrogens with zero attached hydrogens (tertiary/aromatic N) is 1. The summed E-state index contributed by atoms with van der Waals surface area (Å²) < 4.78 is 60.7. The zero-order valence-corrected chi connectivity index (χ0v) is 14.4. The molecule has 0 atom stereocenters. The smallest absolute Gasteiger partial charge is 0.325 e. The van der Waals surface area contributed by atoms with Gasteiger partial charge in [0.1, 0.15) is 6.54 Å². The number of amides is 2. The number of halogens is 3. The molecule has 0 radical (unpaired) electrons. The minimum atomic E-state index is -5.06. The highest BCUT2D eigenvalue weighted by molar-refractivity contribution is 7.89. The Morgan fingerprint density at radius 3 is 2.15 bits per heavy atom. The zero-order chi connectivity index (χ0) is 19.5. The Bertz CT molecular complexity index is 772. The average molecular weight is 393 g/mol. The third-order valence-electron chi connectivity index (χ3n) is 4.05. The number of hydrogen-bond donors (Lipinski definition) is 2. The van der Waals surface area contributed by atoms with Gasteiger partial charge in [0.05, 0.1) is 4.90 Å². The summed E-state index contributed by atoms with van der Waals surface area (Å²) in [6, 6.07) is 4.19. The van der Waals surface area contributed by atoms with E-state index in [-0.39, 0.29) is 10.6 Å². The number of nitrogens with two attached hydrogens (primary N) is 1. The number of nitrogens with one attached hydrogen (secondary N) is 1. The molecule has 0 aromatic heterocycles. The van der Waals surface area contributed by atoms with Crippen LogP contribution in [0.4, 0.5) is 18.9 Å². The summed E-state index contributed by atoms with van der Waals surface area (Å²) in [6.07, 6.45) is -2.83. The fourth-order valence-corrected chi connectivity index (χ4v) is 3.34. The molecule has 0 saturated heterocycles. The molecule has 26 heavy (non-hydrogen) atoms. The van der Waals surface area contributed by atoms with Gasteiger partial charge in [-0.05, 0) is 37.1 Å². The maximum atomic E-state index is 12.8. The van der Waals surface area contributed by atoms with E-state index in [4.69, 9.17) is 5.14 Å². The van der Waals surface area contributed by atoms with Gasteiger partial charge in [-0.15, -0.1) is 0 Å². The first-order valence-electron chi connectivity index (χ1n) is 7.79. The summed E-state index contributed by atoms with van der Waals surface area (Å²) in [6.45, 7) is -0.736. The maximum Gasteiger partial charge on any atom is 0.471 e. The molecule has 0 bridgehead atoms. The summed E-state index contributed by atoms with van der Waals surface area (Å²) in [7, 11) is -3.90. The van der Waals surface area contributed by atoms with E-state index in [0.717, 1.165) is 12.1 Å². The highest BCUT2D eigenvalue weighted by Gasteiger charge is 2.45.